The van der Waals surface area contributed by atoms with Crippen LogP contribution in [0.5, 0.6) is 0 Å². The number of likely N-dealkylation sites (tertiary alicyclic amines) is 1. The predicted octanol–water partition coefficient (Wildman–Crippen LogP) is 5.90. The normalized spacial score (nSPS) is 36.0. The molecular formula is C34H40F3N2O5+. The Morgan fingerprint density at radius 2 is 1.98 bits per heavy atom. The van der Waals surface area contributed by atoms with E-state index in [0.29, 0.717) is 18.0 Å². The van der Waals surface area contributed by atoms with Crippen LogP contribution >= 0.6 is 0 Å². The van der Waals surface area contributed by atoms with Gasteiger partial charge in [0.25, 0.3) is 5.91 Å². The number of aliphatic hydroxyl groups excluding tert-OH is 1. The maximum atomic E-state index is 14.3. The van der Waals surface area contributed by atoms with Gasteiger partial charge < -0.3 is 24.4 Å². The van der Waals surface area contributed by atoms with Crippen LogP contribution in [0.4, 0.5) is 13.2 Å². The average molecular weight is 614 g/mol. The van der Waals surface area contributed by atoms with Gasteiger partial charge in [-0.25, -0.2) is 0 Å². The molecule has 1 saturated carbocycles. The van der Waals surface area contributed by atoms with Crippen LogP contribution < -0.4 is 5.32 Å². The first-order valence-electron chi connectivity index (χ1n) is 15.4. The van der Waals surface area contributed by atoms with Crippen molar-refractivity contribution >= 4 is 18.0 Å². The van der Waals surface area contributed by atoms with Crippen LogP contribution in [-0.2, 0) is 19.1 Å². The molecule has 1 aromatic carbocycles. The fourth-order valence-corrected chi connectivity index (χ4v) is 9.26. The third-order valence-electron chi connectivity index (χ3n) is 10.9. The summed E-state index contributed by atoms with van der Waals surface area (Å²) >= 11 is 0. The van der Waals surface area contributed by atoms with Gasteiger partial charge >= 0.3 is 12.1 Å². The van der Waals surface area contributed by atoms with Gasteiger partial charge in [-0.05, 0) is 50.0 Å². The maximum absolute atomic E-state index is 14.3. The minimum Gasteiger partial charge on any atom is -0.508 e. The van der Waals surface area contributed by atoms with E-state index < -0.39 is 40.9 Å². The van der Waals surface area contributed by atoms with E-state index in [1.165, 1.54) is 18.2 Å². The highest BCUT2D eigenvalue weighted by molar-refractivity contribution is 6.00. The number of piperidine rings is 1. The Morgan fingerprint density at radius 3 is 2.61 bits per heavy atom. The summed E-state index contributed by atoms with van der Waals surface area (Å²) in [6, 6.07) is 8.20. The lowest BCUT2D eigenvalue weighted by Gasteiger charge is -2.64. The lowest BCUT2D eigenvalue weighted by Crippen LogP contribution is -2.72. The van der Waals surface area contributed by atoms with E-state index in [-0.39, 0.29) is 29.4 Å². The van der Waals surface area contributed by atoms with Gasteiger partial charge in [0.2, 0.25) is 5.72 Å². The Labute approximate surface area is 255 Å². The molecule has 10 heteroatoms. The van der Waals surface area contributed by atoms with Crippen LogP contribution in [0.15, 0.2) is 71.5 Å². The van der Waals surface area contributed by atoms with Gasteiger partial charge in [-0.15, -0.1) is 0 Å². The van der Waals surface area contributed by atoms with Crippen LogP contribution in [-0.4, -0.2) is 70.7 Å². The summed E-state index contributed by atoms with van der Waals surface area (Å²) in [6.07, 6.45) is 1.42. The molecule has 7 atom stereocenters. The Hall–Kier alpha value is -3.37. The molecule has 0 radical (unpaired) electrons. The largest absolute Gasteiger partial charge is 0.508 e. The molecule has 2 heterocycles. The number of carbonyl (C=O) groups is 2. The quantitative estimate of drug-likeness (QED) is 0.132. The number of alkyl halides is 3. The van der Waals surface area contributed by atoms with E-state index in [2.05, 4.69) is 25.7 Å². The van der Waals surface area contributed by atoms with Crippen LogP contribution in [0.1, 0.15) is 58.4 Å². The minimum absolute atomic E-state index is 0.181. The number of hydrogen-bond donors (Lipinski definition) is 2. The molecular weight excluding hydrogens is 573 g/mol. The van der Waals surface area contributed by atoms with Gasteiger partial charge in [0.1, 0.15) is 17.4 Å². The molecule has 7 nitrogen and oxygen atoms in total. The van der Waals surface area contributed by atoms with E-state index in [1.807, 2.05) is 6.08 Å². The molecule has 6 rings (SSSR count). The molecule has 1 amide bonds. The number of allylic oxidation sites excluding steroid dienone is 1. The predicted molar refractivity (Wildman–Crippen MR) is 158 cm³/mol. The zero-order valence-electron chi connectivity index (χ0n) is 25.3. The standard InChI is InChI=1S/C34H39F3N2O5/c1-5-15-39(20(2)3)16-14-32-24-12-9-13-28(32)43-30-29(32)23(18-26(24)39)27(41)19-33(30,44-21(4)40)38-31(42)25(34(35,36)37)17-22-10-7-6-8-11-22/h5-8,10-11,17,19-20,24,26,28,30H,1,9,12-16,18H2,2-4H3,(H-,38,41,42)/p+1/t24-,26+,28-,30?,32+,33?,39?/m0/s1. The number of nitrogens with zero attached hydrogens (tertiary/aromatic N) is 1. The minimum atomic E-state index is -5.01. The van der Waals surface area contributed by atoms with Crippen LogP contribution in [0.25, 0.3) is 6.08 Å². The Bertz CT molecular complexity index is 1470. The van der Waals surface area contributed by atoms with Crippen molar-refractivity contribution < 1.29 is 41.8 Å². The third kappa shape index (κ3) is 4.47. The molecule has 44 heavy (non-hydrogen) atoms. The maximum Gasteiger partial charge on any atom is 0.421 e. The Kier molecular flexibility index (Phi) is 7.40. The van der Waals surface area contributed by atoms with Gasteiger partial charge in [0, 0.05) is 42.7 Å². The lowest BCUT2D eigenvalue weighted by atomic mass is 9.49. The molecule has 236 valence electrons. The van der Waals surface area contributed by atoms with Gasteiger partial charge in [0.05, 0.1) is 31.3 Å². The second-order valence-electron chi connectivity index (χ2n) is 13.2. The number of ether oxygens (including phenoxy) is 2. The SMILES string of the molecule is C=CC[N+]1(C(C)C)CC[C@@]23C4=C5C[C@@H]1[C@@H]2CCC[C@@H]3OC4C(NC(=O)C(=Cc1ccccc1)C(F)(F)F)(OC(C)=O)C=C5O. The van der Waals surface area contributed by atoms with Crippen molar-refractivity contribution in [1.82, 2.24) is 5.32 Å². The number of hydrogen-bond acceptors (Lipinski definition) is 5. The molecule has 1 spiro atoms. The first-order valence-corrected chi connectivity index (χ1v) is 15.4. The molecule has 2 saturated heterocycles. The molecule has 0 aromatic heterocycles. The number of halogens is 3. The number of esters is 1. The van der Waals surface area contributed by atoms with Crippen molar-refractivity contribution in [3.8, 4) is 0 Å². The number of amides is 1. The topological polar surface area (TPSA) is 84.9 Å². The van der Waals surface area contributed by atoms with Gasteiger partial charge in [-0.2, -0.15) is 13.2 Å². The third-order valence-corrected chi connectivity index (χ3v) is 10.9. The lowest BCUT2D eigenvalue weighted by molar-refractivity contribution is -0.976. The molecule has 3 fully saturated rings. The summed E-state index contributed by atoms with van der Waals surface area (Å²) in [5.74, 6) is -2.31. The van der Waals surface area contributed by atoms with E-state index >= 15 is 0 Å². The monoisotopic (exact) mass is 613 g/mol. The van der Waals surface area contributed by atoms with Crippen LogP contribution in [0, 0.1) is 11.3 Å². The first kappa shape index (κ1) is 30.6. The van der Waals surface area contributed by atoms with Gasteiger partial charge in [-0.1, -0.05) is 43.3 Å². The zero-order valence-corrected chi connectivity index (χ0v) is 25.3. The van der Waals surface area contributed by atoms with Gasteiger partial charge in [-0.3, -0.25) is 9.59 Å². The van der Waals surface area contributed by atoms with E-state index in [9.17, 15) is 27.9 Å². The number of aliphatic hydroxyl groups is 1. The number of nitrogens with one attached hydrogen (secondary N) is 1. The summed E-state index contributed by atoms with van der Waals surface area (Å²) in [4.78, 5) is 26.1. The summed E-state index contributed by atoms with van der Waals surface area (Å²) in [7, 11) is 0. The fourth-order valence-electron chi connectivity index (χ4n) is 9.26. The summed E-state index contributed by atoms with van der Waals surface area (Å²) < 4.78 is 56.3. The Morgan fingerprint density at radius 1 is 1.25 bits per heavy atom. The molecule has 3 unspecified atom stereocenters. The molecule has 5 aliphatic rings. The van der Waals surface area contributed by atoms with Crippen molar-refractivity contribution in [3.63, 3.8) is 0 Å². The number of quaternary nitrogens is 1. The molecule has 2 aliphatic heterocycles. The highest BCUT2D eigenvalue weighted by Crippen LogP contribution is 2.68. The Balaban J connectivity index is 1.47. The van der Waals surface area contributed by atoms with E-state index in [4.69, 9.17) is 9.47 Å². The van der Waals surface area contributed by atoms with Gasteiger partial charge in [0.15, 0.2) is 0 Å². The highest BCUT2D eigenvalue weighted by atomic mass is 19.4. The zero-order chi connectivity index (χ0) is 31.7. The van der Waals surface area contributed by atoms with Crippen LogP contribution in [0.2, 0.25) is 0 Å². The van der Waals surface area contributed by atoms with Crippen LogP contribution in [0.3, 0.4) is 0 Å². The molecule has 2 bridgehead atoms. The number of carbonyl (C=O) groups excluding carboxylic acids is 2. The first-order chi connectivity index (χ1) is 20.8. The molecule has 1 aromatic rings. The summed E-state index contributed by atoms with van der Waals surface area (Å²) in [6.45, 7) is 11.3. The average Bonchev–Trinajstić information content (AvgIpc) is 3.29. The van der Waals surface area contributed by atoms with E-state index in [1.54, 1.807) is 18.2 Å². The van der Waals surface area contributed by atoms with Crippen molar-refractivity contribution in [3.05, 3.63) is 77.1 Å². The summed E-state index contributed by atoms with van der Waals surface area (Å²) in [5.41, 5.74) is -2.46. The fraction of sp³-hybridized carbons (Fsp3) is 0.529. The molecule has 3 aliphatic carbocycles. The van der Waals surface area contributed by atoms with Crippen molar-refractivity contribution in [2.45, 2.75) is 89.1 Å². The highest BCUT2D eigenvalue weighted by Gasteiger charge is 2.73. The second-order valence-corrected chi connectivity index (χ2v) is 13.2. The van der Waals surface area contributed by atoms with Crippen molar-refractivity contribution in [2.24, 2.45) is 11.3 Å². The summed E-state index contributed by atoms with van der Waals surface area (Å²) in [5, 5.41) is 14.1. The smallest absolute Gasteiger partial charge is 0.421 e. The van der Waals surface area contributed by atoms with E-state index in [0.717, 1.165) is 61.8 Å². The van der Waals surface area contributed by atoms with Crippen molar-refractivity contribution in [2.75, 3.05) is 13.1 Å². The van der Waals surface area contributed by atoms with Crippen molar-refractivity contribution in [1.29, 1.82) is 0 Å². The number of rotatable bonds is 7. The molecule has 2 N–H and O–H groups in total. The number of benzene rings is 1. The second kappa shape index (κ2) is 10.6.